The molecular formula is C21H28N4O5S. The molecule has 168 valence electrons. The van der Waals surface area contributed by atoms with E-state index in [4.69, 9.17) is 4.74 Å². The van der Waals surface area contributed by atoms with Gasteiger partial charge in [-0.15, -0.1) is 16.8 Å². The summed E-state index contributed by atoms with van der Waals surface area (Å²) in [5, 5.41) is 10.8. The van der Waals surface area contributed by atoms with Crippen molar-refractivity contribution >= 4 is 15.7 Å². The van der Waals surface area contributed by atoms with Crippen molar-refractivity contribution in [2.24, 2.45) is 0 Å². The molecule has 2 N–H and O–H groups in total. The summed E-state index contributed by atoms with van der Waals surface area (Å²) in [6.45, 7) is 7.81. The maximum atomic E-state index is 12.8. The summed E-state index contributed by atoms with van der Waals surface area (Å²) >= 11 is 0. The van der Waals surface area contributed by atoms with Crippen molar-refractivity contribution in [3.63, 3.8) is 0 Å². The number of nitrogens with zero attached hydrogens (tertiary/aromatic N) is 2. The first-order valence-corrected chi connectivity index (χ1v) is 11.9. The third-order valence-electron chi connectivity index (χ3n) is 4.50. The minimum atomic E-state index is -3.49. The number of nitrogens with one attached hydrogen (secondary N) is 2. The number of unbranched alkanes of at least 4 members (excludes halogenated alkanes) is 1. The van der Waals surface area contributed by atoms with Gasteiger partial charge in [-0.05, 0) is 31.0 Å². The van der Waals surface area contributed by atoms with Crippen molar-refractivity contribution in [3.8, 4) is 17.1 Å². The van der Waals surface area contributed by atoms with Crippen LogP contribution in [0.25, 0.3) is 11.4 Å². The summed E-state index contributed by atoms with van der Waals surface area (Å²) in [4.78, 5) is 27.3. The van der Waals surface area contributed by atoms with Crippen LogP contribution in [0.3, 0.4) is 0 Å². The van der Waals surface area contributed by atoms with E-state index in [1.54, 1.807) is 13.0 Å². The maximum absolute atomic E-state index is 12.8. The van der Waals surface area contributed by atoms with Gasteiger partial charge in [0.1, 0.15) is 5.75 Å². The number of benzene rings is 1. The Morgan fingerprint density at radius 1 is 1.32 bits per heavy atom. The Kier molecular flexibility index (Phi) is 8.49. The number of carbonyl (C=O) groups excluding carboxylic acids is 1. The summed E-state index contributed by atoms with van der Waals surface area (Å²) in [7, 11) is -3.49. The number of hydrogen-bond donors (Lipinski definition) is 2. The lowest BCUT2D eigenvalue weighted by Crippen LogP contribution is -2.33. The lowest BCUT2D eigenvalue weighted by atomic mass is 10.1. The number of carbonyl (C=O) groups is 1. The number of aromatic nitrogens is 3. The number of rotatable bonds is 11. The van der Waals surface area contributed by atoms with E-state index in [0.29, 0.717) is 24.3 Å². The Labute approximate surface area is 181 Å². The summed E-state index contributed by atoms with van der Waals surface area (Å²) in [6, 6.07) is 3.71. The van der Waals surface area contributed by atoms with Crippen LogP contribution < -0.4 is 15.6 Å². The molecule has 1 heterocycles. The highest BCUT2D eigenvalue weighted by Crippen LogP contribution is 2.30. The van der Waals surface area contributed by atoms with E-state index in [2.05, 4.69) is 27.1 Å². The van der Waals surface area contributed by atoms with Crippen LogP contribution in [0.5, 0.6) is 5.75 Å². The number of hydrogen-bond acceptors (Lipinski definition) is 7. The average molecular weight is 449 g/mol. The zero-order valence-corrected chi connectivity index (χ0v) is 18.8. The van der Waals surface area contributed by atoms with Gasteiger partial charge >= 0.3 is 0 Å². The number of ether oxygens (including phenoxy) is 1. The van der Waals surface area contributed by atoms with E-state index in [1.807, 2.05) is 6.92 Å². The van der Waals surface area contributed by atoms with Crippen molar-refractivity contribution in [1.82, 2.24) is 20.5 Å². The standard InChI is InChI=1S/C21H28N4O5S/c1-5-8-12-30-17-11-10-14(31(4,28)29)13-15(17)20-23-21(27)19(24-25-20)16(9-6-2)22-18(26)7-3/h6,10-11,13,16H,2,5,7-9,12H2,1,3-4H3,(H,22,26)(H,23,25,27). The molecule has 10 heteroatoms. The Balaban J connectivity index is 2.51. The molecule has 1 amide bonds. The van der Waals surface area contributed by atoms with Crippen LogP contribution in [0, 0.1) is 0 Å². The molecule has 0 aliphatic heterocycles. The third-order valence-corrected chi connectivity index (χ3v) is 5.61. The second-order valence-corrected chi connectivity index (χ2v) is 9.03. The molecule has 0 fully saturated rings. The van der Waals surface area contributed by atoms with Crippen LogP contribution in [0.4, 0.5) is 0 Å². The van der Waals surface area contributed by atoms with Gasteiger partial charge in [0.25, 0.3) is 5.56 Å². The fourth-order valence-corrected chi connectivity index (χ4v) is 3.42. The van der Waals surface area contributed by atoms with E-state index in [0.717, 1.165) is 19.1 Å². The topological polar surface area (TPSA) is 131 Å². The Morgan fingerprint density at radius 3 is 2.65 bits per heavy atom. The molecule has 9 nitrogen and oxygen atoms in total. The Bertz CT molecular complexity index is 1100. The molecule has 0 radical (unpaired) electrons. The molecule has 0 saturated carbocycles. The lowest BCUT2D eigenvalue weighted by Gasteiger charge is -2.16. The van der Waals surface area contributed by atoms with Gasteiger partial charge < -0.3 is 15.0 Å². The molecule has 0 bridgehead atoms. The van der Waals surface area contributed by atoms with Gasteiger partial charge in [0.2, 0.25) is 5.91 Å². The van der Waals surface area contributed by atoms with E-state index >= 15 is 0 Å². The molecule has 0 aliphatic rings. The molecule has 1 atom stereocenters. The van der Waals surface area contributed by atoms with Crippen LogP contribution in [0.1, 0.15) is 51.3 Å². The van der Waals surface area contributed by atoms with Crippen molar-refractivity contribution < 1.29 is 17.9 Å². The van der Waals surface area contributed by atoms with Crippen molar-refractivity contribution in [2.45, 2.75) is 50.5 Å². The van der Waals surface area contributed by atoms with Gasteiger partial charge in [-0.3, -0.25) is 9.59 Å². The molecule has 0 saturated heterocycles. The van der Waals surface area contributed by atoms with Crippen LogP contribution >= 0.6 is 0 Å². The summed E-state index contributed by atoms with van der Waals surface area (Å²) in [5.74, 6) is 0.231. The fraction of sp³-hybridized carbons (Fsp3) is 0.429. The summed E-state index contributed by atoms with van der Waals surface area (Å²) < 4.78 is 29.8. The Hall–Kier alpha value is -3.01. The molecule has 0 aliphatic carbocycles. The maximum Gasteiger partial charge on any atom is 0.275 e. The van der Waals surface area contributed by atoms with Crippen LogP contribution in [-0.2, 0) is 14.6 Å². The highest BCUT2D eigenvalue weighted by atomic mass is 32.2. The monoisotopic (exact) mass is 448 g/mol. The predicted octanol–water partition coefficient (Wildman–Crippen LogP) is 2.56. The normalized spacial score (nSPS) is 12.2. The highest BCUT2D eigenvalue weighted by Gasteiger charge is 2.21. The number of sulfone groups is 1. The first-order valence-electron chi connectivity index (χ1n) is 10.1. The van der Waals surface area contributed by atoms with Gasteiger partial charge in [0.05, 0.1) is 23.1 Å². The smallest absolute Gasteiger partial charge is 0.275 e. The largest absolute Gasteiger partial charge is 0.493 e. The van der Waals surface area contributed by atoms with Crippen molar-refractivity contribution in [2.75, 3.05) is 12.9 Å². The molecule has 1 aromatic heterocycles. The quantitative estimate of drug-likeness (QED) is 0.399. The van der Waals surface area contributed by atoms with E-state index in [9.17, 15) is 18.0 Å². The molecule has 31 heavy (non-hydrogen) atoms. The van der Waals surface area contributed by atoms with Crippen LogP contribution in [0.2, 0.25) is 0 Å². The van der Waals surface area contributed by atoms with Crippen molar-refractivity contribution in [3.05, 3.63) is 46.9 Å². The van der Waals surface area contributed by atoms with Gasteiger partial charge in [0.15, 0.2) is 21.4 Å². The minimum Gasteiger partial charge on any atom is -0.493 e. The van der Waals surface area contributed by atoms with Gasteiger partial charge in [-0.1, -0.05) is 26.3 Å². The average Bonchev–Trinajstić information content (AvgIpc) is 2.73. The molecular weight excluding hydrogens is 420 g/mol. The summed E-state index contributed by atoms with van der Waals surface area (Å²) in [5.41, 5.74) is -0.191. The third kappa shape index (κ3) is 6.48. The number of amides is 1. The first kappa shape index (κ1) is 24.3. The van der Waals surface area contributed by atoms with E-state index in [-0.39, 0.29) is 28.7 Å². The number of aromatic amines is 1. The molecule has 2 rings (SSSR count). The van der Waals surface area contributed by atoms with Crippen LogP contribution in [-0.4, -0.2) is 42.4 Å². The lowest BCUT2D eigenvalue weighted by molar-refractivity contribution is -0.121. The van der Waals surface area contributed by atoms with Gasteiger partial charge in [0, 0.05) is 12.7 Å². The molecule has 2 aromatic rings. The Morgan fingerprint density at radius 2 is 2.06 bits per heavy atom. The van der Waals surface area contributed by atoms with E-state index in [1.165, 1.54) is 18.2 Å². The highest BCUT2D eigenvalue weighted by molar-refractivity contribution is 7.90. The molecule has 1 unspecified atom stereocenters. The minimum absolute atomic E-state index is 0.0400. The SMILES string of the molecule is C=CCC(NC(=O)CC)c1nnc(-c2cc(S(C)(=O)=O)ccc2OCCCC)[nH]c1=O. The second kappa shape index (κ2) is 10.9. The van der Waals surface area contributed by atoms with Gasteiger partial charge in [-0.2, -0.15) is 0 Å². The predicted molar refractivity (Wildman–Crippen MR) is 118 cm³/mol. The van der Waals surface area contributed by atoms with E-state index < -0.39 is 21.4 Å². The molecule has 1 aromatic carbocycles. The number of H-pyrrole nitrogens is 1. The zero-order valence-electron chi connectivity index (χ0n) is 18.0. The van der Waals surface area contributed by atoms with Crippen LogP contribution in [0.15, 0.2) is 40.5 Å². The van der Waals surface area contributed by atoms with Gasteiger partial charge in [-0.25, -0.2) is 8.42 Å². The van der Waals surface area contributed by atoms with Crippen molar-refractivity contribution in [1.29, 1.82) is 0 Å². The zero-order chi connectivity index (χ0) is 23.0. The second-order valence-electron chi connectivity index (χ2n) is 7.02. The fourth-order valence-electron chi connectivity index (χ4n) is 2.77. The first-order chi connectivity index (χ1) is 14.7. The molecule has 0 spiro atoms. The summed E-state index contributed by atoms with van der Waals surface area (Å²) in [6.07, 6.45) is 4.97.